The van der Waals surface area contributed by atoms with Gasteiger partial charge in [0.2, 0.25) is 0 Å². The number of pyridine rings is 1. The van der Waals surface area contributed by atoms with Crippen molar-refractivity contribution in [3.05, 3.63) is 29.8 Å². The zero-order valence-electron chi connectivity index (χ0n) is 9.51. The molecule has 2 heterocycles. The highest BCUT2D eigenvalue weighted by Gasteiger charge is 2.08. The molecule has 0 aliphatic rings. The second-order valence-electron chi connectivity index (χ2n) is 3.57. The Bertz CT molecular complexity index is 489. The highest BCUT2D eigenvalue weighted by atomic mass is 15.3. The normalized spacial score (nSPS) is 10.7. The van der Waals surface area contributed by atoms with Gasteiger partial charge in [-0.2, -0.15) is 5.10 Å². The van der Waals surface area contributed by atoms with E-state index in [0.29, 0.717) is 6.54 Å². The molecule has 2 aromatic heterocycles. The molecule has 0 fully saturated rings. The smallest absolute Gasteiger partial charge is 0.158 e. The molecule has 0 radical (unpaired) electrons. The molecule has 5 heteroatoms. The van der Waals surface area contributed by atoms with E-state index in [1.807, 2.05) is 26.1 Å². The SMILES string of the molecule is CCc1nc(-c2ccnc(CN)c2)n(C)n1. The number of aromatic nitrogens is 4. The molecule has 0 aliphatic heterocycles. The van der Waals surface area contributed by atoms with E-state index in [1.165, 1.54) is 0 Å². The van der Waals surface area contributed by atoms with Gasteiger partial charge < -0.3 is 5.73 Å². The molecule has 16 heavy (non-hydrogen) atoms. The van der Waals surface area contributed by atoms with E-state index in [-0.39, 0.29) is 0 Å². The van der Waals surface area contributed by atoms with Crippen LogP contribution >= 0.6 is 0 Å². The lowest BCUT2D eigenvalue weighted by atomic mass is 10.2. The van der Waals surface area contributed by atoms with Crippen LogP contribution in [0.15, 0.2) is 18.3 Å². The molecule has 0 aromatic carbocycles. The summed E-state index contributed by atoms with van der Waals surface area (Å²) in [5.41, 5.74) is 7.43. The summed E-state index contributed by atoms with van der Waals surface area (Å²) < 4.78 is 1.79. The summed E-state index contributed by atoms with van der Waals surface area (Å²) in [6.45, 7) is 2.48. The molecule has 0 amide bonds. The van der Waals surface area contributed by atoms with Crippen LogP contribution in [0, 0.1) is 0 Å². The van der Waals surface area contributed by atoms with Gasteiger partial charge in [-0.15, -0.1) is 0 Å². The third-order valence-electron chi connectivity index (χ3n) is 2.41. The van der Waals surface area contributed by atoms with Crippen LogP contribution in [0.1, 0.15) is 18.4 Å². The fraction of sp³-hybridized carbons (Fsp3) is 0.364. The molecule has 0 atom stereocenters. The molecule has 2 rings (SSSR count). The Balaban J connectivity index is 2.45. The van der Waals surface area contributed by atoms with Crippen LogP contribution in [0.2, 0.25) is 0 Å². The lowest BCUT2D eigenvalue weighted by molar-refractivity contribution is 0.752. The monoisotopic (exact) mass is 217 g/mol. The van der Waals surface area contributed by atoms with E-state index in [9.17, 15) is 0 Å². The maximum absolute atomic E-state index is 5.56. The number of nitrogens with zero attached hydrogens (tertiary/aromatic N) is 4. The van der Waals surface area contributed by atoms with E-state index >= 15 is 0 Å². The van der Waals surface area contributed by atoms with Gasteiger partial charge in [0.15, 0.2) is 11.6 Å². The molecule has 2 N–H and O–H groups in total. The van der Waals surface area contributed by atoms with Gasteiger partial charge in [0.1, 0.15) is 0 Å². The van der Waals surface area contributed by atoms with Crippen molar-refractivity contribution in [2.24, 2.45) is 12.8 Å². The van der Waals surface area contributed by atoms with Crippen molar-refractivity contribution in [1.29, 1.82) is 0 Å². The van der Waals surface area contributed by atoms with Crippen molar-refractivity contribution < 1.29 is 0 Å². The Morgan fingerprint density at radius 2 is 2.25 bits per heavy atom. The van der Waals surface area contributed by atoms with Crippen molar-refractivity contribution in [2.45, 2.75) is 19.9 Å². The van der Waals surface area contributed by atoms with Gasteiger partial charge >= 0.3 is 0 Å². The van der Waals surface area contributed by atoms with E-state index in [1.54, 1.807) is 10.9 Å². The zero-order valence-corrected chi connectivity index (χ0v) is 9.51. The molecule has 0 unspecified atom stereocenters. The summed E-state index contributed by atoms with van der Waals surface area (Å²) >= 11 is 0. The Hall–Kier alpha value is -1.75. The van der Waals surface area contributed by atoms with E-state index < -0.39 is 0 Å². The van der Waals surface area contributed by atoms with Crippen LogP contribution in [0.25, 0.3) is 11.4 Å². The fourth-order valence-corrected chi connectivity index (χ4v) is 1.57. The first kappa shape index (κ1) is 10.8. The van der Waals surface area contributed by atoms with Gasteiger partial charge in [-0.05, 0) is 12.1 Å². The van der Waals surface area contributed by atoms with Crippen molar-refractivity contribution in [3.8, 4) is 11.4 Å². The fourth-order valence-electron chi connectivity index (χ4n) is 1.57. The largest absolute Gasteiger partial charge is 0.325 e. The van der Waals surface area contributed by atoms with E-state index in [2.05, 4.69) is 15.1 Å². The van der Waals surface area contributed by atoms with E-state index in [0.717, 1.165) is 29.3 Å². The van der Waals surface area contributed by atoms with Crippen molar-refractivity contribution >= 4 is 0 Å². The van der Waals surface area contributed by atoms with Gasteiger partial charge in [0, 0.05) is 31.8 Å². The molecule has 84 valence electrons. The van der Waals surface area contributed by atoms with Gasteiger partial charge in [0.25, 0.3) is 0 Å². The van der Waals surface area contributed by atoms with Crippen LogP contribution in [0.3, 0.4) is 0 Å². The molecule has 0 aliphatic carbocycles. The van der Waals surface area contributed by atoms with E-state index in [4.69, 9.17) is 5.73 Å². The summed E-state index contributed by atoms with van der Waals surface area (Å²) in [6, 6.07) is 3.87. The van der Waals surface area contributed by atoms with Crippen LogP contribution in [-0.2, 0) is 20.0 Å². The predicted octanol–water partition coefficient (Wildman–Crippen LogP) is 0.898. The molecular formula is C11H15N5. The zero-order chi connectivity index (χ0) is 11.5. The lowest BCUT2D eigenvalue weighted by Crippen LogP contribution is -2.00. The summed E-state index contributed by atoms with van der Waals surface area (Å²) in [5, 5.41) is 4.31. The summed E-state index contributed by atoms with van der Waals surface area (Å²) in [7, 11) is 1.89. The van der Waals surface area contributed by atoms with Gasteiger partial charge in [-0.3, -0.25) is 4.98 Å². The summed E-state index contributed by atoms with van der Waals surface area (Å²) in [4.78, 5) is 8.61. The van der Waals surface area contributed by atoms with Crippen LogP contribution in [0.4, 0.5) is 0 Å². The van der Waals surface area contributed by atoms with Crippen molar-refractivity contribution in [1.82, 2.24) is 19.7 Å². The molecule has 2 aromatic rings. The second-order valence-corrected chi connectivity index (χ2v) is 3.57. The lowest BCUT2D eigenvalue weighted by Gasteiger charge is -2.01. The molecule has 0 saturated heterocycles. The molecule has 0 saturated carbocycles. The highest BCUT2D eigenvalue weighted by molar-refractivity contribution is 5.55. The van der Waals surface area contributed by atoms with Crippen LogP contribution < -0.4 is 5.73 Å². The first-order valence-electron chi connectivity index (χ1n) is 5.30. The number of rotatable bonds is 3. The Morgan fingerprint density at radius 1 is 1.44 bits per heavy atom. The molecule has 0 bridgehead atoms. The van der Waals surface area contributed by atoms with Crippen LogP contribution in [0.5, 0.6) is 0 Å². The third kappa shape index (κ3) is 1.94. The number of hydrogen-bond donors (Lipinski definition) is 1. The molecule has 5 nitrogen and oxygen atoms in total. The number of hydrogen-bond acceptors (Lipinski definition) is 4. The third-order valence-corrected chi connectivity index (χ3v) is 2.41. The average molecular weight is 217 g/mol. The summed E-state index contributed by atoms with van der Waals surface area (Å²) in [5.74, 6) is 1.71. The van der Waals surface area contributed by atoms with Crippen LogP contribution in [-0.4, -0.2) is 19.7 Å². The van der Waals surface area contributed by atoms with Gasteiger partial charge in [0.05, 0.1) is 5.69 Å². The van der Waals surface area contributed by atoms with Gasteiger partial charge in [-0.25, -0.2) is 9.67 Å². The standard InChI is InChI=1S/C11H15N5/c1-3-10-14-11(16(2)15-10)8-4-5-13-9(6-8)7-12/h4-6H,3,7,12H2,1-2H3. The second kappa shape index (κ2) is 4.40. The van der Waals surface area contributed by atoms with Gasteiger partial charge in [-0.1, -0.05) is 6.92 Å². The Kier molecular flexibility index (Phi) is 2.96. The average Bonchev–Trinajstić information content (AvgIpc) is 2.71. The van der Waals surface area contributed by atoms with Crippen molar-refractivity contribution in [3.63, 3.8) is 0 Å². The summed E-state index contributed by atoms with van der Waals surface area (Å²) in [6.07, 6.45) is 2.58. The topological polar surface area (TPSA) is 69.6 Å². The maximum atomic E-state index is 5.56. The quantitative estimate of drug-likeness (QED) is 0.829. The first-order valence-corrected chi connectivity index (χ1v) is 5.30. The minimum absolute atomic E-state index is 0.437. The Labute approximate surface area is 94.3 Å². The predicted molar refractivity (Wildman–Crippen MR) is 61.5 cm³/mol. The number of nitrogens with two attached hydrogens (primary N) is 1. The molecular weight excluding hydrogens is 202 g/mol. The minimum atomic E-state index is 0.437. The molecule has 0 spiro atoms. The Morgan fingerprint density at radius 3 is 2.88 bits per heavy atom. The minimum Gasteiger partial charge on any atom is -0.325 e. The number of aryl methyl sites for hydroxylation is 2. The first-order chi connectivity index (χ1) is 7.74. The maximum Gasteiger partial charge on any atom is 0.158 e. The highest BCUT2D eigenvalue weighted by Crippen LogP contribution is 2.16. The van der Waals surface area contributed by atoms with Crippen molar-refractivity contribution in [2.75, 3.05) is 0 Å².